The molecule has 0 radical (unpaired) electrons. The second-order valence-corrected chi connectivity index (χ2v) is 21.0. The molecule has 0 aromatic rings. The van der Waals surface area contributed by atoms with Gasteiger partial charge in [-0.15, -0.1) is 0 Å². The molecule has 0 N–H and O–H groups in total. The molecule has 0 aliphatic heterocycles. The number of hydrogen-bond donors (Lipinski definition) is 0. The molecule has 1 nitrogen and oxygen atoms in total. The maximum atomic E-state index is 3.26. The maximum absolute atomic E-state index is 3.26. The molecule has 9 rings (SSSR count). The van der Waals surface area contributed by atoms with Crippen molar-refractivity contribution in [2.75, 3.05) is 0 Å². The summed E-state index contributed by atoms with van der Waals surface area (Å²) < 4.78 is 0. The van der Waals surface area contributed by atoms with Crippen molar-refractivity contribution in [3.05, 3.63) is 23.8 Å². The lowest BCUT2D eigenvalue weighted by molar-refractivity contribution is -0.0926. The Labute approximate surface area is 316 Å². The normalized spacial score (nSPS) is 43.2. The summed E-state index contributed by atoms with van der Waals surface area (Å²) in [5.74, 6) is 11.2. The molecule has 1 heteroatoms. The van der Waals surface area contributed by atoms with Gasteiger partial charge in [-0.1, -0.05) is 114 Å². The first-order valence-corrected chi connectivity index (χ1v) is 24.5. The van der Waals surface area contributed by atoms with E-state index >= 15 is 0 Å². The third-order valence-electron chi connectivity index (χ3n) is 18.4. The smallest absolute Gasteiger partial charge is 0.0102 e. The fraction of sp³-hybridized carbons (Fsp3) is 0.920. The van der Waals surface area contributed by atoms with Crippen LogP contribution < -0.4 is 0 Å². The standard InChI is InChI=1S/C50H81N/c1-4-12-38(13-5-1)48(39-14-6-2-7-15-39)34-37-25-32-46(33-26-37)51(44-19-8-3-9-20-44)45-30-23-36(24-31-45)22-27-42-35-43-18-10-16-40-28-29-41-17-11-21-47(42)50(41)49(40)43/h22,27,34,36-47,49-50H,1-21,23-26,28-33,35H2. The predicted molar refractivity (Wildman–Crippen MR) is 217 cm³/mol. The van der Waals surface area contributed by atoms with Crippen LogP contribution in [0.4, 0.5) is 0 Å². The van der Waals surface area contributed by atoms with Crippen LogP contribution in [0.5, 0.6) is 0 Å². The first-order valence-electron chi connectivity index (χ1n) is 24.5. The number of hydrogen-bond acceptors (Lipinski definition) is 1. The molecule has 9 aliphatic rings. The third kappa shape index (κ3) is 8.07. The summed E-state index contributed by atoms with van der Waals surface area (Å²) >= 11 is 0. The van der Waals surface area contributed by atoms with Crippen LogP contribution in [-0.2, 0) is 0 Å². The van der Waals surface area contributed by atoms with Crippen LogP contribution in [0.1, 0.15) is 205 Å². The predicted octanol–water partition coefficient (Wildman–Crippen LogP) is 14.3. The van der Waals surface area contributed by atoms with Crippen LogP contribution in [0, 0.1) is 65.1 Å². The monoisotopic (exact) mass is 696 g/mol. The first kappa shape index (κ1) is 36.1. The van der Waals surface area contributed by atoms with Crippen LogP contribution in [0.15, 0.2) is 23.8 Å². The van der Waals surface area contributed by atoms with Crippen LogP contribution >= 0.6 is 0 Å². The number of rotatable bonds is 8. The van der Waals surface area contributed by atoms with Gasteiger partial charge in [0.15, 0.2) is 0 Å². The zero-order chi connectivity index (χ0) is 34.0. The highest BCUT2D eigenvalue weighted by atomic mass is 15.2. The van der Waals surface area contributed by atoms with Crippen molar-refractivity contribution < 1.29 is 0 Å². The minimum absolute atomic E-state index is 0.871. The molecule has 0 bridgehead atoms. The second-order valence-electron chi connectivity index (χ2n) is 21.0. The Kier molecular flexibility index (Phi) is 12.1. The van der Waals surface area contributed by atoms with Gasteiger partial charge >= 0.3 is 0 Å². The van der Waals surface area contributed by atoms with Crippen molar-refractivity contribution in [1.29, 1.82) is 0 Å². The molecule has 9 aliphatic carbocycles. The Morgan fingerprint density at radius 1 is 0.373 bits per heavy atom. The zero-order valence-corrected chi connectivity index (χ0v) is 33.4. The average Bonchev–Trinajstić information content (AvgIpc) is 3.20. The maximum Gasteiger partial charge on any atom is 0.0102 e. The summed E-state index contributed by atoms with van der Waals surface area (Å²) in [6.07, 6.45) is 57.2. The summed E-state index contributed by atoms with van der Waals surface area (Å²) in [7, 11) is 0. The van der Waals surface area contributed by atoms with E-state index in [1.807, 2.05) is 5.57 Å². The van der Waals surface area contributed by atoms with Gasteiger partial charge in [-0.2, -0.15) is 0 Å². The van der Waals surface area contributed by atoms with E-state index in [0.717, 1.165) is 83.2 Å². The molecule has 0 spiro atoms. The second kappa shape index (κ2) is 17.1. The molecule has 0 aromatic heterocycles. The van der Waals surface area contributed by atoms with Crippen LogP contribution in [0.2, 0.25) is 0 Å². The number of allylic oxidation sites excluding steroid dienone is 4. The lowest BCUT2D eigenvalue weighted by Crippen LogP contribution is -2.52. The molecular formula is C50H81N. The van der Waals surface area contributed by atoms with Gasteiger partial charge in [0.25, 0.3) is 0 Å². The van der Waals surface area contributed by atoms with Crippen LogP contribution in [0.25, 0.3) is 0 Å². The van der Waals surface area contributed by atoms with Gasteiger partial charge in [0.1, 0.15) is 0 Å². The van der Waals surface area contributed by atoms with Crippen molar-refractivity contribution in [2.24, 2.45) is 65.1 Å². The lowest BCUT2D eigenvalue weighted by atomic mass is 9.46. The zero-order valence-electron chi connectivity index (χ0n) is 33.4. The molecule has 7 atom stereocenters. The quantitative estimate of drug-likeness (QED) is 0.229. The van der Waals surface area contributed by atoms with E-state index in [2.05, 4.69) is 23.1 Å². The highest BCUT2D eigenvalue weighted by molar-refractivity contribution is 5.15. The van der Waals surface area contributed by atoms with Crippen molar-refractivity contribution in [1.82, 2.24) is 4.90 Å². The Morgan fingerprint density at radius 3 is 1.51 bits per heavy atom. The Bertz CT molecular complexity index is 1110. The summed E-state index contributed by atoms with van der Waals surface area (Å²) in [5, 5.41) is 0. The Balaban J connectivity index is 0.830. The molecule has 0 aromatic carbocycles. The average molecular weight is 696 g/mol. The van der Waals surface area contributed by atoms with Gasteiger partial charge in [-0.05, 0) is 181 Å². The van der Waals surface area contributed by atoms with E-state index in [1.54, 1.807) is 57.8 Å². The molecule has 0 heterocycles. The van der Waals surface area contributed by atoms with E-state index in [0.29, 0.717) is 0 Å². The molecule has 51 heavy (non-hydrogen) atoms. The summed E-state index contributed by atoms with van der Waals surface area (Å²) in [6.45, 7) is 0. The summed E-state index contributed by atoms with van der Waals surface area (Å²) in [6, 6.07) is 2.66. The highest BCUT2D eigenvalue weighted by Crippen LogP contribution is 2.61. The minimum atomic E-state index is 0.871. The van der Waals surface area contributed by atoms with E-state index in [-0.39, 0.29) is 0 Å². The molecule has 7 unspecified atom stereocenters. The Hall–Kier alpha value is -0.560. The van der Waals surface area contributed by atoms with Gasteiger partial charge in [-0.3, -0.25) is 4.90 Å². The Morgan fingerprint density at radius 2 is 0.882 bits per heavy atom. The topological polar surface area (TPSA) is 3.24 Å². The van der Waals surface area contributed by atoms with E-state index < -0.39 is 0 Å². The van der Waals surface area contributed by atoms with Gasteiger partial charge in [0.05, 0.1) is 0 Å². The molecule has 0 saturated heterocycles. The van der Waals surface area contributed by atoms with Gasteiger partial charge in [0.2, 0.25) is 0 Å². The first-order chi connectivity index (χ1) is 25.3. The fourth-order valence-electron chi connectivity index (χ4n) is 16.1. The lowest BCUT2D eigenvalue weighted by Gasteiger charge is -2.59. The van der Waals surface area contributed by atoms with Crippen molar-refractivity contribution >= 4 is 0 Å². The highest BCUT2D eigenvalue weighted by Gasteiger charge is 2.53. The SMILES string of the molecule is C(=CC1CC2CCCC3CCC4CCCC1C4C32)C1CCC(N(C2CCCCC2)C2CCC(C=C(C3CCCCC3)C3CCCCC3)CC2)CC1. The van der Waals surface area contributed by atoms with Gasteiger partial charge in [-0.25, -0.2) is 0 Å². The van der Waals surface area contributed by atoms with Crippen molar-refractivity contribution in [2.45, 2.75) is 224 Å². The molecule has 0 amide bonds. The largest absolute Gasteiger partial charge is 0.294 e. The van der Waals surface area contributed by atoms with E-state index in [1.165, 1.54) is 148 Å². The fourth-order valence-corrected chi connectivity index (χ4v) is 16.1. The molecular weight excluding hydrogens is 615 g/mol. The van der Waals surface area contributed by atoms with Crippen LogP contribution in [-0.4, -0.2) is 23.0 Å². The van der Waals surface area contributed by atoms with E-state index in [9.17, 15) is 0 Å². The summed E-state index contributed by atoms with van der Waals surface area (Å²) in [4.78, 5) is 3.26. The molecule has 9 fully saturated rings. The van der Waals surface area contributed by atoms with Crippen molar-refractivity contribution in [3.63, 3.8) is 0 Å². The minimum Gasteiger partial charge on any atom is -0.294 e. The third-order valence-corrected chi connectivity index (χ3v) is 18.4. The summed E-state index contributed by atoms with van der Waals surface area (Å²) in [5.41, 5.74) is 1.99. The van der Waals surface area contributed by atoms with Crippen molar-refractivity contribution in [3.8, 4) is 0 Å². The van der Waals surface area contributed by atoms with Crippen LogP contribution in [0.3, 0.4) is 0 Å². The molecule has 9 saturated carbocycles. The van der Waals surface area contributed by atoms with Gasteiger partial charge in [0, 0.05) is 18.1 Å². The van der Waals surface area contributed by atoms with E-state index in [4.69, 9.17) is 0 Å². The van der Waals surface area contributed by atoms with Gasteiger partial charge < -0.3 is 0 Å². The molecule has 286 valence electrons. The number of nitrogens with zero attached hydrogens (tertiary/aromatic N) is 1.